The van der Waals surface area contributed by atoms with Gasteiger partial charge in [-0.15, -0.1) is 0 Å². The molecule has 2 aliphatic rings. The smallest absolute Gasteiger partial charge is 0.274 e. The Kier molecular flexibility index (Phi) is 3.09. The molecule has 1 aromatic carbocycles. The Morgan fingerprint density at radius 1 is 1.41 bits per heavy atom. The van der Waals surface area contributed by atoms with Gasteiger partial charge in [0.25, 0.3) is 5.91 Å². The molecule has 0 aliphatic carbocycles. The molecule has 2 saturated heterocycles. The number of likely N-dealkylation sites (tertiary alicyclic amines) is 1. The van der Waals surface area contributed by atoms with Crippen molar-refractivity contribution >= 4 is 16.9 Å². The monoisotopic (exact) mass is 299 g/mol. The zero-order valence-electron chi connectivity index (χ0n) is 12.1. The summed E-state index contributed by atoms with van der Waals surface area (Å²) in [6.45, 7) is 2.29. The SMILES string of the molecule is O=C(c1cnc2ccccc2n1)N1C[C@H]2COC[C@@]2(CO)C1. The summed E-state index contributed by atoms with van der Waals surface area (Å²) in [5.74, 6) is 0.0790. The summed E-state index contributed by atoms with van der Waals surface area (Å²) < 4.78 is 5.47. The molecule has 2 aromatic rings. The molecule has 0 unspecified atom stereocenters. The summed E-state index contributed by atoms with van der Waals surface area (Å²) in [4.78, 5) is 23.2. The van der Waals surface area contributed by atoms with Gasteiger partial charge in [-0.3, -0.25) is 9.78 Å². The summed E-state index contributed by atoms with van der Waals surface area (Å²) in [5.41, 5.74) is 1.54. The van der Waals surface area contributed by atoms with E-state index >= 15 is 0 Å². The summed E-state index contributed by atoms with van der Waals surface area (Å²) in [7, 11) is 0. The van der Waals surface area contributed by atoms with Crippen LogP contribution in [0.25, 0.3) is 11.0 Å². The van der Waals surface area contributed by atoms with Gasteiger partial charge in [0, 0.05) is 24.4 Å². The molecule has 1 aromatic heterocycles. The zero-order valence-corrected chi connectivity index (χ0v) is 12.1. The number of hydrogen-bond acceptors (Lipinski definition) is 5. The predicted octanol–water partition coefficient (Wildman–Crippen LogP) is 0.711. The molecule has 1 N–H and O–H groups in total. The van der Waals surface area contributed by atoms with Crippen LogP contribution in [0.5, 0.6) is 0 Å². The molecule has 6 nitrogen and oxygen atoms in total. The molecular formula is C16H17N3O3. The molecule has 0 spiro atoms. The first-order valence-electron chi connectivity index (χ1n) is 7.41. The highest BCUT2D eigenvalue weighted by Gasteiger charge is 2.51. The fraction of sp³-hybridized carbons (Fsp3) is 0.438. The maximum atomic E-state index is 12.7. The van der Waals surface area contributed by atoms with Crippen LogP contribution in [0.2, 0.25) is 0 Å². The van der Waals surface area contributed by atoms with E-state index in [1.165, 1.54) is 6.20 Å². The maximum absolute atomic E-state index is 12.7. The third kappa shape index (κ3) is 1.99. The van der Waals surface area contributed by atoms with Gasteiger partial charge in [0.2, 0.25) is 0 Å². The van der Waals surface area contributed by atoms with Gasteiger partial charge >= 0.3 is 0 Å². The Morgan fingerprint density at radius 3 is 3.00 bits per heavy atom. The van der Waals surface area contributed by atoms with Crippen molar-refractivity contribution < 1.29 is 14.6 Å². The van der Waals surface area contributed by atoms with Crippen molar-refractivity contribution in [2.75, 3.05) is 32.9 Å². The van der Waals surface area contributed by atoms with Crippen molar-refractivity contribution in [1.82, 2.24) is 14.9 Å². The van der Waals surface area contributed by atoms with E-state index in [9.17, 15) is 9.90 Å². The predicted molar refractivity (Wildman–Crippen MR) is 79.3 cm³/mol. The lowest BCUT2D eigenvalue weighted by Gasteiger charge is -2.24. The molecule has 114 valence electrons. The van der Waals surface area contributed by atoms with Crippen molar-refractivity contribution in [3.8, 4) is 0 Å². The third-order valence-electron chi connectivity index (χ3n) is 4.79. The number of benzene rings is 1. The summed E-state index contributed by atoms with van der Waals surface area (Å²) >= 11 is 0. The normalized spacial score (nSPS) is 27.3. The van der Waals surface area contributed by atoms with Crippen LogP contribution in [0.15, 0.2) is 30.5 Å². The molecule has 0 bridgehead atoms. The standard InChI is InChI=1S/C16H17N3O3/c20-9-16-8-19(6-11(16)7-22-10-16)15(21)14-5-17-12-3-1-2-4-13(12)18-14/h1-5,11,20H,6-10H2/t11-,16-/m0/s1. The quantitative estimate of drug-likeness (QED) is 0.884. The van der Waals surface area contributed by atoms with Gasteiger partial charge < -0.3 is 14.7 Å². The summed E-state index contributed by atoms with van der Waals surface area (Å²) in [6.07, 6.45) is 1.53. The Morgan fingerprint density at radius 2 is 2.23 bits per heavy atom. The number of aliphatic hydroxyl groups excluding tert-OH is 1. The molecule has 6 heteroatoms. The average molecular weight is 299 g/mol. The van der Waals surface area contributed by atoms with Crippen LogP contribution in [0.1, 0.15) is 10.5 Å². The second-order valence-electron chi connectivity index (χ2n) is 6.16. The lowest BCUT2D eigenvalue weighted by Crippen LogP contribution is -2.36. The van der Waals surface area contributed by atoms with Crippen LogP contribution in [-0.4, -0.2) is 58.8 Å². The molecule has 2 aliphatic heterocycles. The van der Waals surface area contributed by atoms with Crippen LogP contribution in [0.4, 0.5) is 0 Å². The number of ether oxygens (including phenoxy) is 1. The lowest BCUT2D eigenvalue weighted by molar-refractivity contribution is 0.0626. The van der Waals surface area contributed by atoms with E-state index in [4.69, 9.17) is 4.74 Å². The second kappa shape index (κ2) is 5.00. The molecule has 4 rings (SSSR count). The maximum Gasteiger partial charge on any atom is 0.274 e. The van der Waals surface area contributed by atoms with Crippen molar-refractivity contribution in [1.29, 1.82) is 0 Å². The van der Waals surface area contributed by atoms with Gasteiger partial charge in [-0.25, -0.2) is 4.98 Å². The van der Waals surface area contributed by atoms with Gasteiger partial charge in [0.15, 0.2) is 0 Å². The Balaban J connectivity index is 1.61. The fourth-order valence-electron chi connectivity index (χ4n) is 3.43. The first-order chi connectivity index (χ1) is 10.7. The number of aromatic nitrogens is 2. The lowest BCUT2D eigenvalue weighted by atomic mass is 9.82. The highest BCUT2D eigenvalue weighted by atomic mass is 16.5. The zero-order chi connectivity index (χ0) is 15.2. The van der Waals surface area contributed by atoms with E-state index in [1.807, 2.05) is 24.3 Å². The first kappa shape index (κ1) is 13.6. The van der Waals surface area contributed by atoms with Crippen molar-refractivity contribution in [2.45, 2.75) is 0 Å². The molecule has 2 fully saturated rings. The summed E-state index contributed by atoms with van der Waals surface area (Å²) in [5, 5.41) is 9.69. The van der Waals surface area contributed by atoms with E-state index in [0.29, 0.717) is 37.5 Å². The number of aliphatic hydroxyl groups is 1. The Hall–Kier alpha value is -2.05. The largest absolute Gasteiger partial charge is 0.396 e. The fourth-order valence-corrected chi connectivity index (χ4v) is 3.43. The van der Waals surface area contributed by atoms with E-state index < -0.39 is 0 Å². The van der Waals surface area contributed by atoms with Crippen LogP contribution in [0, 0.1) is 11.3 Å². The molecular weight excluding hydrogens is 282 g/mol. The molecule has 1 amide bonds. The first-order valence-corrected chi connectivity index (χ1v) is 7.41. The van der Waals surface area contributed by atoms with Gasteiger partial charge in [-0.1, -0.05) is 12.1 Å². The van der Waals surface area contributed by atoms with Crippen LogP contribution >= 0.6 is 0 Å². The van der Waals surface area contributed by atoms with Crippen molar-refractivity contribution in [3.63, 3.8) is 0 Å². The van der Waals surface area contributed by atoms with Crippen molar-refractivity contribution in [2.24, 2.45) is 11.3 Å². The molecule has 3 heterocycles. The van der Waals surface area contributed by atoms with E-state index in [2.05, 4.69) is 9.97 Å². The second-order valence-corrected chi connectivity index (χ2v) is 6.16. The molecule has 22 heavy (non-hydrogen) atoms. The van der Waals surface area contributed by atoms with Crippen LogP contribution in [0.3, 0.4) is 0 Å². The number of fused-ring (bicyclic) bond motifs is 2. The number of nitrogens with zero attached hydrogens (tertiary/aromatic N) is 3. The van der Waals surface area contributed by atoms with Gasteiger partial charge in [-0.05, 0) is 12.1 Å². The summed E-state index contributed by atoms with van der Waals surface area (Å²) in [6, 6.07) is 7.49. The Bertz CT molecular complexity index is 735. The minimum absolute atomic E-state index is 0.0465. The van der Waals surface area contributed by atoms with Gasteiger partial charge in [-0.2, -0.15) is 0 Å². The van der Waals surface area contributed by atoms with Gasteiger partial charge in [0.1, 0.15) is 5.69 Å². The minimum Gasteiger partial charge on any atom is -0.396 e. The number of amides is 1. The Labute approximate surface area is 127 Å². The highest BCUT2D eigenvalue weighted by molar-refractivity contribution is 5.94. The van der Waals surface area contributed by atoms with E-state index in [0.717, 1.165) is 5.52 Å². The van der Waals surface area contributed by atoms with Crippen molar-refractivity contribution in [3.05, 3.63) is 36.2 Å². The molecule has 0 radical (unpaired) electrons. The topological polar surface area (TPSA) is 75.6 Å². The van der Waals surface area contributed by atoms with Gasteiger partial charge in [0.05, 0.1) is 37.1 Å². The average Bonchev–Trinajstić information content (AvgIpc) is 3.11. The minimum atomic E-state index is -0.306. The third-order valence-corrected chi connectivity index (χ3v) is 4.79. The molecule has 0 saturated carbocycles. The van der Waals surface area contributed by atoms with Crippen LogP contribution < -0.4 is 0 Å². The number of hydrogen-bond donors (Lipinski definition) is 1. The molecule has 2 atom stereocenters. The van der Waals surface area contributed by atoms with E-state index in [1.54, 1.807) is 4.90 Å². The number of carbonyl (C=O) groups excluding carboxylic acids is 1. The van der Waals surface area contributed by atoms with Crippen LogP contribution in [-0.2, 0) is 4.74 Å². The number of para-hydroxylation sites is 2. The number of rotatable bonds is 2. The van der Waals surface area contributed by atoms with E-state index in [-0.39, 0.29) is 23.8 Å². The number of carbonyl (C=O) groups is 1. The highest BCUT2D eigenvalue weighted by Crippen LogP contribution is 2.41.